The molecule has 3 aromatic rings. The van der Waals surface area contributed by atoms with Gasteiger partial charge >= 0.3 is 0 Å². The predicted molar refractivity (Wildman–Crippen MR) is 131 cm³/mol. The van der Waals surface area contributed by atoms with E-state index < -0.39 is 11.3 Å². The molecule has 0 saturated carbocycles. The zero-order chi connectivity index (χ0) is 23.9. The third-order valence-corrected chi connectivity index (χ3v) is 6.34. The Morgan fingerprint density at radius 3 is 2.59 bits per heavy atom. The number of piperidine rings is 1. The van der Waals surface area contributed by atoms with Crippen LogP contribution in [0.2, 0.25) is 0 Å². The lowest BCUT2D eigenvalue weighted by molar-refractivity contribution is 0.0609. The van der Waals surface area contributed by atoms with Gasteiger partial charge < -0.3 is 14.8 Å². The maximum absolute atomic E-state index is 13.7. The number of aryl methyl sites for hydroxylation is 2. The molecule has 1 atom stereocenters. The molecule has 0 spiro atoms. The summed E-state index contributed by atoms with van der Waals surface area (Å²) >= 11 is 0. The summed E-state index contributed by atoms with van der Waals surface area (Å²) in [6, 6.07) is 13.8. The van der Waals surface area contributed by atoms with Crippen molar-refractivity contribution in [3.05, 3.63) is 99.7 Å². The molecule has 1 aliphatic rings. The molecule has 1 N–H and O–H groups in total. The highest BCUT2D eigenvalue weighted by Crippen LogP contribution is 2.31. The van der Waals surface area contributed by atoms with Crippen molar-refractivity contribution in [1.29, 1.82) is 0 Å². The van der Waals surface area contributed by atoms with Crippen molar-refractivity contribution in [3.8, 4) is 0 Å². The third kappa shape index (κ3) is 5.25. The fraction of sp³-hybridized carbons (Fsp3) is 0.333. The Bertz CT molecular complexity index is 1190. The van der Waals surface area contributed by atoms with Crippen LogP contribution >= 0.6 is 0 Å². The van der Waals surface area contributed by atoms with Crippen molar-refractivity contribution in [1.82, 2.24) is 19.8 Å². The first kappa shape index (κ1) is 23.4. The van der Waals surface area contributed by atoms with Crippen LogP contribution in [0.3, 0.4) is 0 Å². The number of aromatic nitrogens is 2. The van der Waals surface area contributed by atoms with Crippen molar-refractivity contribution in [2.24, 2.45) is 0 Å². The van der Waals surface area contributed by atoms with Crippen molar-refractivity contribution in [2.75, 3.05) is 13.6 Å². The van der Waals surface area contributed by atoms with Gasteiger partial charge in [-0.3, -0.25) is 19.4 Å². The Morgan fingerprint density at radius 2 is 1.85 bits per heavy atom. The number of rotatable bonds is 7. The van der Waals surface area contributed by atoms with E-state index in [9.17, 15) is 14.4 Å². The molecule has 7 nitrogen and oxygen atoms in total. The lowest BCUT2D eigenvalue weighted by atomic mass is 9.95. The molecule has 7 heteroatoms. The summed E-state index contributed by atoms with van der Waals surface area (Å²) in [4.78, 5) is 45.3. The van der Waals surface area contributed by atoms with Gasteiger partial charge in [0.1, 0.15) is 11.1 Å². The highest BCUT2D eigenvalue weighted by atomic mass is 16.2. The summed E-state index contributed by atoms with van der Waals surface area (Å²) in [6.07, 6.45) is 11.0. The maximum atomic E-state index is 13.7. The molecule has 176 valence electrons. The van der Waals surface area contributed by atoms with Crippen LogP contribution in [-0.4, -0.2) is 39.9 Å². The van der Waals surface area contributed by atoms with E-state index in [4.69, 9.17) is 0 Å². The van der Waals surface area contributed by atoms with Crippen LogP contribution in [0.4, 0.5) is 0 Å². The second kappa shape index (κ2) is 10.9. The molecule has 0 unspecified atom stereocenters. The third-order valence-electron chi connectivity index (χ3n) is 6.34. The zero-order valence-corrected chi connectivity index (χ0v) is 19.4. The lowest BCUT2D eigenvalue weighted by Gasteiger charge is -2.36. The molecule has 0 bridgehead atoms. The first-order valence-corrected chi connectivity index (χ1v) is 11.8. The van der Waals surface area contributed by atoms with Crippen LogP contribution < -0.4 is 10.7 Å². The van der Waals surface area contributed by atoms with Crippen LogP contribution in [0, 0.1) is 0 Å². The highest BCUT2D eigenvalue weighted by Gasteiger charge is 2.31. The molecular weight excluding hydrogens is 428 g/mol. The molecule has 1 saturated heterocycles. The number of likely N-dealkylation sites (tertiary alicyclic amines) is 1. The molecule has 3 heterocycles. The van der Waals surface area contributed by atoms with Gasteiger partial charge in [0, 0.05) is 44.9 Å². The number of hydrogen-bond donors (Lipinski definition) is 1. The van der Waals surface area contributed by atoms with E-state index in [1.54, 1.807) is 34.3 Å². The number of carbonyl (C=O) groups is 2. The second-order valence-corrected chi connectivity index (χ2v) is 8.62. The lowest BCUT2D eigenvalue weighted by Crippen LogP contribution is -2.42. The maximum Gasteiger partial charge on any atom is 0.259 e. The number of pyridine rings is 2. The van der Waals surface area contributed by atoms with E-state index >= 15 is 0 Å². The van der Waals surface area contributed by atoms with Crippen LogP contribution in [0.5, 0.6) is 0 Å². The van der Waals surface area contributed by atoms with Crippen molar-refractivity contribution >= 4 is 11.8 Å². The Kier molecular flexibility index (Phi) is 7.52. The number of amides is 2. The summed E-state index contributed by atoms with van der Waals surface area (Å²) in [5.41, 5.74) is 1.68. The summed E-state index contributed by atoms with van der Waals surface area (Å²) in [6.45, 7) is 1.15. The average Bonchev–Trinajstić information content (AvgIpc) is 2.89. The number of benzene rings is 1. The second-order valence-electron chi connectivity index (χ2n) is 8.62. The number of nitrogens with zero attached hydrogens (tertiary/aromatic N) is 3. The topological polar surface area (TPSA) is 84.3 Å². The predicted octanol–water partition coefficient (Wildman–Crippen LogP) is 3.60. The molecule has 2 amide bonds. The Balaban J connectivity index is 1.63. The highest BCUT2D eigenvalue weighted by molar-refractivity contribution is 5.99. The van der Waals surface area contributed by atoms with Crippen molar-refractivity contribution in [2.45, 2.75) is 44.7 Å². The number of carbonyl (C=O) groups excluding carboxylic acids is 2. The van der Waals surface area contributed by atoms with Gasteiger partial charge in [0.15, 0.2) is 0 Å². The fourth-order valence-corrected chi connectivity index (χ4v) is 4.57. The summed E-state index contributed by atoms with van der Waals surface area (Å²) in [5.74, 6) is -0.819. The van der Waals surface area contributed by atoms with Gasteiger partial charge in [0.05, 0.1) is 6.04 Å². The molecule has 0 radical (unpaired) electrons. The van der Waals surface area contributed by atoms with Gasteiger partial charge in [-0.1, -0.05) is 36.4 Å². The number of hydrogen-bond acceptors (Lipinski definition) is 4. The van der Waals surface area contributed by atoms with Crippen molar-refractivity contribution in [3.63, 3.8) is 0 Å². The molecule has 1 aliphatic heterocycles. The van der Waals surface area contributed by atoms with Gasteiger partial charge in [-0.05, 0) is 49.3 Å². The molecule has 2 aromatic heterocycles. The van der Waals surface area contributed by atoms with Gasteiger partial charge in [0.25, 0.3) is 11.8 Å². The van der Waals surface area contributed by atoms with E-state index in [1.807, 2.05) is 30.3 Å². The molecule has 4 rings (SSSR count). The molecule has 1 aromatic carbocycles. The van der Waals surface area contributed by atoms with Gasteiger partial charge in [0.2, 0.25) is 5.43 Å². The molecule has 0 aliphatic carbocycles. The largest absolute Gasteiger partial charge is 0.355 e. The van der Waals surface area contributed by atoms with E-state index in [-0.39, 0.29) is 23.1 Å². The summed E-state index contributed by atoms with van der Waals surface area (Å²) in [7, 11) is 1.49. The van der Waals surface area contributed by atoms with Crippen LogP contribution in [0.25, 0.3) is 0 Å². The summed E-state index contributed by atoms with van der Waals surface area (Å²) in [5, 5.41) is 2.53. The van der Waals surface area contributed by atoms with Crippen LogP contribution in [0.15, 0.2) is 72.0 Å². The minimum absolute atomic E-state index is 0.0111. The minimum atomic E-state index is -0.529. The van der Waals surface area contributed by atoms with Gasteiger partial charge in [-0.25, -0.2) is 0 Å². The monoisotopic (exact) mass is 458 g/mol. The average molecular weight is 459 g/mol. The SMILES string of the molecule is CNC(=O)c1cn(CCCc2ccccc2)cc(C(=O)N2CCCC[C@@H]2c2cccnc2)c1=O. The van der Waals surface area contributed by atoms with E-state index in [1.165, 1.54) is 12.6 Å². The smallest absolute Gasteiger partial charge is 0.259 e. The van der Waals surface area contributed by atoms with Crippen molar-refractivity contribution < 1.29 is 9.59 Å². The summed E-state index contributed by atoms with van der Waals surface area (Å²) < 4.78 is 1.80. The van der Waals surface area contributed by atoms with E-state index in [2.05, 4.69) is 22.4 Å². The zero-order valence-electron chi connectivity index (χ0n) is 19.4. The minimum Gasteiger partial charge on any atom is -0.355 e. The molecule has 1 fully saturated rings. The first-order chi connectivity index (χ1) is 16.6. The van der Waals surface area contributed by atoms with Crippen LogP contribution in [-0.2, 0) is 13.0 Å². The molecular formula is C27H30N4O3. The Hall–Kier alpha value is -3.74. The normalized spacial score (nSPS) is 15.7. The Labute approximate surface area is 199 Å². The van der Waals surface area contributed by atoms with E-state index in [0.717, 1.165) is 37.7 Å². The van der Waals surface area contributed by atoms with E-state index in [0.29, 0.717) is 13.1 Å². The number of nitrogens with one attached hydrogen (secondary N) is 1. The first-order valence-electron chi connectivity index (χ1n) is 11.8. The Morgan fingerprint density at radius 1 is 1.06 bits per heavy atom. The quantitative estimate of drug-likeness (QED) is 0.586. The van der Waals surface area contributed by atoms with Gasteiger partial charge in [-0.15, -0.1) is 0 Å². The fourth-order valence-electron chi connectivity index (χ4n) is 4.57. The standard InChI is InChI=1S/C27H30N4O3/c1-28-26(33)22-18-30(15-8-11-20-9-3-2-4-10-20)19-23(25(22)32)27(34)31-16-6-5-13-24(31)21-12-7-14-29-17-21/h2-4,7,9-10,12,14,17-19,24H,5-6,8,11,13,15-16H2,1H3,(H,28,33)/t24-/m1/s1. The van der Waals surface area contributed by atoms with Crippen LogP contribution in [0.1, 0.15) is 63.6 Å². The van der Waals surface area contributed by atoms with Gasteiger partial charge in [-0.2, -0.15) is 0 Å². The molecule has 34 heavy (non-hydrogen) atoms.